The highest BCUT2D eigenvalue weighted by molar-refractivity contribution is 14.1. The van der Waals surface area contributed by atoms with Crippen molar-refractivity contribution >= 4 is 45.0 Å². The summed E-state index contributed by atoms with van der Waals surface area (Å²) < 4.78 is 30.7. The van der Waals surface area contributed by atoms with E-state index in [4.69, 9.17) is 23.7 Å². The Bertz CT molecular complexity index is 1280. The molecule has 1 N–H and O–H groups in total. The molecule has 0 radical (unpaired) electrons. The molecule has 11 heteroatoms. The Morgan fingerprint density at radius 1 is 1.08 bits per heavy atom. The number of ether oxygens (including phenoxy) is 5. The Hall–Kier alpha value is -2.61. The van der Waals surface area contributed by atoms with Crippen molar-refractivity contribution in [3.05, 3.63) is 34.2 Å². The van der Waals surface area contributed by atoms with Gasteiger partial charge in [-0.15, -0.1) is 0 Å². The second-order valence-electron chi connectivity index (χ2n) is 9.74. The number of piperazine rings is 1. The van der Waals surface area contributed by atoms with Crippen LogP contribution in [0.1, 0.15) is 12.8 Å². The summed E-state index contributed by atoms with van der Waals surface area (Å²) in [6.07, 6.45) is 3.28. The zero-order chi connectivity index (χ0) is 25.9. The molecule has 0 aliphatic carbocycles. The predicted octanol–water partition coefficient (Wildman–Crippen LogP) is 3.89. The first kappa shape index (κ1) is 25.7. The summed E-state index contributed by atoms with van der Waals surface area (Å²) >= 11 is 2.28. The van der Waals surface area contributed by atoms with E-state index in [9.17, 15) is 0 Å². The van der Waals surface area contributed by atoms with Crippen molar-refractivity contribution in [1.82, 2.24) is 19.8 Å². The molecule has 6 rings (SSSR count). The normalized spacial score (nSPS) is 18.6. The van der Waals surface area contributed by atoms with Gasteiger partial charge in [-0.2, -0.15) is 0 Å². The molecule has 2 saturated heterocycles. The van der Waals surface area contributed by atoms with Crippen molar-refractivity contribution in [3.8, 4) is 23.0 Å². The number of rotatable bonds is 8. The van der Waals surface area contributed by atoms with Gasteiger partial charge in [0, 0.05) is 61.3 Å². The minimum atomic E-state index is 0.0541. The van der Waals surface area contributed by atoms with Crippen molar-refractivity contribution in [2.75, 3.05) is 71.7 Å². The Balaban J connectivity index is 1.29. The highest BCUT2D eigenvalue weighted by atomic mass is 127. The summed E-state index contributed by atoms with van der Waals surface area (Å²) in [5.41, 5.74) is 1.56. The van der Waals surface area contributed by atoms with E-state index in [1.807, 2.05) is 24.3 Å². The van der Waals surface area contributed by atoms with Gasteiger partial charge in [0.05, 0.1) is 29.8 Å². The number of anilines is 2. The van der Waals surface area contributed by atoms with Crippen LogP contribution in [0.2, 0.25) is 0 Å². The fourth-order valence-electron chi connectivity index (χ4n) is 4.92. The highest BCUT2D eigenvalue weighted by Crippen LogP contribution is 2.44. The third-order valence-corrected chi connectivity index (χ3v) is 8.04. The van der Waals surface area contributed by atoms with Crippen LogP contribution in [-0.2, 0) is 4.74 Å². The molecule has 4 heterocycles. The molecule has 2 fully saturated rings. The number of nitrogens with one attached hydrogen (secondary N) is 1. The Morgan fingerprint density at radius 3 is 2.76 bits per heavy atom. The van der Waals surface area contributed by atoms with E-state index in [0.29, 0.717) is 42.9 Å². The molecule has 1 aromatic heterocycles. The minimum absolute atomic E-state index is 0.0541. The van der Waals surface area contributed by atoms with Crippen LogP contribution in [0.3, 0.4) is 0 Å². The molecule has 10 nitrogen and oxygen atoms in total. The molecule has 202 valence electrons. The van der Waals surface area contributed by atoms with Crippen LogP contribution in [-0.4, -0.2) is 92.3 Å². The Labute approximate surface area is 235 Å². The number of hydrogen-bond donors (Lipinski definition) is 1. The quantitative estimate of drug-likeness (QED) is 0.369. The van der Waals surface area contributed by atoms with Crippen LogP contribution >= 0.6 is 22.6 Å². The molecule has 0 unspecified atom stereocenters. The summed E-state index contributed by atoms with van der Waals surface area (Å²) in [5.74, 6) is 3.47. The van der Waals surface area contributed by atoms with E-state index in [1.54, 1.807) is 6.33 Å². The van der Waals surface area contributed by atoms with E-state index >= 15 is 0 Å². The first-order valence-electron chi connectivity index (χ1n) is 13.1. The number of fused-ring (bicyclic) bond motifs is 2. The van der Waals surface area contributed by atoms with Crippen LogP contribution in [0, 0.1) is 3.57 Å². The minimum Gasteiger partial charge on any atom is -0.492 e. The third kappa shape index (κ3) is 5.70. The molecule has 0 saturated carbocycles. The molecule has 38 heavy (non-hydrogen) atoms. The average Bonchev–Trinajstić information content (AvgIpc) is 3.41. The smallest absolute Gasteiger partial charge is 0.231 e. The maximum Gasteiger partial charge on any atom is 0.231 e. The number of benzene rings is 2. The van der Waals surface area contributed by atoms with Gasteiger partial charge in [0.25, 0.3) is 0 Å². The number of nitrogens with zero attached hydrogens (tertiary/aromatic N) is 4. The molecule has 0 atom stereocenters. The van der Waals surface area contributed by atoms with Gasteiger partial charge in [0.15, 0.2) is 11.5 Å². The lowest BCUT2D eigenvalue weighted by Crippen LogP contribution is -2.45. The third-order valence-electron chi connectivity index (χ3n) is 7.14. The summed E-state index contributed by atoms with van der Waals surface area (Å²) in [7, 11) is 2.17. The Kier molecular flexibility index (Phi) is 7.86. The molecule has 0 bridgehead atoms. The van der Waals surface area contributed by atoms with Gasteiger partial charge in [0.2, 0.25) is 6.79 Å². The van der Waals surface area contributed by atoms with E-state index in [-0.39, 0.29) is 12.9 Å². The fraction of sp³-hybridized carbons (Fsp3) is 0.481. The fourth-order valence-corrected chi connectivity index (χ4v) is 5.48. The predicted molar refractivity (Wildman–Crippen MR) is 152 cm³/mol. The van der Waals surface area contributed by atoms with Gasteiger partial charge in [-0.1, -0.05) is 0 Å². The van der Waals surface area contributed by atoms with E-state index < -0.39 is 0 Å². The summed E-state index contributed by atoms with van der Waals surface area (Å²) in [5, 5.41) is 4.29. The molecular formula is C27H32IN5O5. The van der Waals surface area contributed by atoms with E-state index in [1.165, 1.54) is 0 Å². The molecule has 2 aromatic carbocycles. The summed E-state index contributed by atoms with van der Waals surface area (Å²) in [4.78, 5) is 14.0. The molecule has 0 spiro atoms. The van der Waals surface area contributed by atoms with Crippen molar-refractivity contribution in [2.24, 2.45) is 0 Å². The standard InChI is InChI=1S/C27H32IN5O5/c1-32-6-8-33(9-7-32)10-13-35-19-14-21-24(23(15-19)38-18-4-11-34-12-5-18)27(30-16-29-21)31-25-20(28)2-3-22-26(25)37-17-36-22/h2-3,14-16,18H,4-13,17H2,1H3,(H,29,30,31). The van der Waals surface area contributed by atoms with E-state index in [0.717, 1.165) is 71.5 Å². The van der Waals surface area contributed by atoms with E-state index in [2.05, 4.69) is 54.7 Å². The molecule has 0 amide bonds. The maximum absolute atomic E-state index is 6.56. The van der Waals surface area contributed by atoms with Gasteiger partial charge in [-0.05, 0) is 41.8 Å². The first-order chi connectivity index (χ1) is 18.6. The van der Waals surface area contributed by atoms with Gasteiger partial charge < -0.3 is 33.9 Å². The lowest BCUT2D eigenvalue weighted by Gasteiger charge is -2.32. The highest BCUT2D eigenvalue weighted by Gasteiger charge is 2.24. The number of likely N-dealkylation sites (N-methyl/N-ethyl adjacent to an activating group) is 1. The summed E-state index contributed by atoms with van der Waals surface area (Å²) in [6.45, 7) is 7.38. The van der Waals surface area contributed by atoms with Crippen molar-refractivity contribution in [3.63, 3.8) is 0 Å². The topological polar surface area (TPSA) is 90.4 Å². The molecular weight excluding hydrogens is 601 g/mol. The maximum atomic E-state index is 6.56. The van der Waals surface area contributed by atoms with Gasteiger partial charge in [-0.25, -0.2) is 9.97 Å². The Morgan fingerprint density at radius 2 is 1.92 bits per heavy atom. The van der Waals surface area contributed by atoms with Crippen LogP contribution in [0.15, 0.2) is 30.6 Å². The second-order valence-corrected chi connectivity index (χ2v) is 10.9. The monoisotopic (exact) mass is 633 g/mol. The van der Waals surface area contributed by atoms with Gasteiger partial charge in [-0.3, -0.25) is 4.90 Å². The zero-order valence-corrected chi connectivity index (χ0v) is 23.6. The first-order valence-corrected chi connectivity index (χ1v) is 14.1. The van der Waals surface area contributed by atoms with Crippen molar-refractivity contribution < 1.29 is 23.7 Å². The average molecular weight is 633 g/mol. The second kappa shape index (κ2) is 11.6. The number of halogens is 1. The van der Waals surface area contributed by atoms with Crippen LogP contribution in [0.25, 0.3) is 10.9 Å². The molecule has 3 aromatic rings. The number of aromatic nitrogens is 2. The molecule has 3 aliphatic heterocycles. The van der Waals surface area contributed by atoms with Gasteiger partial charge in [0.1, 0.15) is 36.4 Å². The zero-order valence-electron chi connectivity index (χ0n) is 21.5. The summed E-state index contributed by atoms with van der Waals surface area (Å²) in [6, 6.07) is 7.84. The van der Waals surface area contributed by atoms with Gasteiger partial charge >= 0.3 is 0 Å². The lowest BCUT2D eigenvalue weighted by atomic mass is 10.1. The largest absolute Gasteiger partial charge is 0.492 e. The molecule has 3 aliphatic rings. The van der Waals surface area contributed by atoms with Crippen molar-refractivity contribution in [1.29, 1.82) is 0 Å². The van der Waals surface area contributed by atoms with Crippen LogP contribution in [0.4, 0.5) is 11.5 Å². The van der Waals surface area contributed by atoms with Crippen LogP contribution < -0.4 is 24.3 Å². The SMILES string of the molecule is CN1CCN(CCOc2cc(OC3CCOCC3)c3c(Nc4c(I)ccc5c4OCO5)ncnc3c2)CC1. The number of hydrogen-bond acceptors (Lipinski definition) is 10. The van der Waals surface area contributed by atoms with Crippen molar-refractivity contribution in [2.45, 2.75) is 18.9 Å². The lowest BCUT2D eigenvalue weighted by molar-refractivity contribution is 0.0261. The van der Waals surface area contributed by atoms with Crippen LogP contribution in [0.5, 0.6) is 23.0 Å².